The highest BCUT2D eigenvalue weighted by Crippen LogP contribution is 2.20. The van der Waals surface area contributed by atoms with Crippen LogP contribution in [0, 0.1) is 5.41 Å². The summed E-state index contributed by atoms with van der Waals surface area (Å²) in [6.45, 7) is 6.04. The highest BCUT2D eigenvalue weighted by atomic mass is 16.1. The summed E-state index contributed by atoms with van der Waals surface area (Å²) in [5.74, 6) is -0.0280. The maximum absolute atomic E-state index is 11.8. The molecule has 0 fully saturated rings. The average molecular weight is 247 g/mol. The van der Waals surface area contributed by atoms with Crippen LogP contribution >= 0.6 is 0 Å². The molecule has 2 aromatic rings. The predicted molar refractivity (Wildman–Crippen MR) is 71.6 cm³/mol. The minimum atomic E-state index is -0.247. The number of nitrogens with one attached hydrogen (secondary N) is 3. The van der Waals surface area contributed by atoms with E-state index in [-0.39, 0.29) is 17.0 Å². The van der Waals surface area contributed by atoms with Crippen LogP contribution in [-0.4, -0.2) is 15.9 Å². The van der Waals surface area contributed by atoms with Gasteiger partial charge in [-0.25, -0.2) is 4.79 Å². The number of hydrogen-bond donors (Lipinski definition) is 3. The first-order valence-corrected chi connectivity index (χ1v) is 5.85. The smallest absolute Gasteiger partial charge is 0.323 e. The number of aromatic amines is 2. The van der Waals surface area contributed by atoms with Crippen LogP contribution in [0.2, 0.25) is 0 Å². The first-order chi connectivity index (χ1) is 8.33. The van der Waals surface area contributed by atoms with Crippen LogP contribution in [0.5, 0.6) is 0 Å². The van der Waals surface area contributed by atoms with Gasteiger partial charge in [0, 0.05) is 12.1 Å². The van der Waals surface area contributed by atoms with Crippen molar-refractivity contribution in [3.63, 3.8) is 0 Å². The molecule has 0 saturated carbocycles. The molecule has 18 heavy (non-hydrogen) atoms. The molecule has 0 atom stereocenters. The number of amides is 1. The molecule has 1 aromatic heterocycles. The number of anilines is 1. The van der Waals surface area contributed by atoms with Gasteiger partial charge in [0.05, 0.1) is 11.0 Å². The van der Waals surface area contributed by atoms with Crippen LogP contribution in [-0.2, 0) is 4.79 Å². The molecule has 5 heteroatoms. The van der Waals surface area contributed by atoms with Crippen molar-refractivity contribution in [2.75, 3.05) is 5.32 Å². The molecular weight excluding hydrogens is 230 g/mol. The van der Waals surface area contributed by atoms with Crippen molar-refractivity contribution in [1.29, 1.82) is 0 Å². The van der Waals surface area contributed by atoms with E-state index in [1.54, 1.807) is 18.2 Å². The van der Waals surface area contributed by atoms with Crippen molar-refractivity contribution in [2.45, 2.75) is 27.2 Å². The molecule has 0 unspecified atom stereocenters. The van der Waals surface area contributed by atoms with Gasteiger partial charge in [-0.3, -0.25) is 4.79 Å². The molecule has 2 rings (SSSR count). The van der Waals surface area contributed by atoms with Gasteiger partial charge in [0.2, 0.25) is 5.91 Å². The summed E-state index contributed by atoms with van der Waals surface area (Å²) in [4.78, 5) is 28.2. The summed E-state index contributed by atoms with van der Waals surface area (Å²) in [6.07, 6.45) is 0.453. The number of carbonyl (C=O) groups excluding carboxylic acids is 1. The Labute approximate surface area is 105 Å². The van der Waals surface area contributed by atoms with Crippen molar-refractivity contribution >= 4 is 22.6 Å². The Morgan fingerprint density at radius 1 is 1.22 bits per heavy atom. The Morgan fingerprint density at radius 2 is 1.89 bits per heavy atom. The number of carbonyl (C=O) groups is 1. The van der Waals surface area contributed by atoms with Gasteiger partial charge in [-0.05, 0) is 23.6 Å². The van der Waals surface area contributed by atoms with Crippen LogP contribution in [0.15, 0.2) is 23.0 Å². The van der Waals surface area contributed by atoms with E-state index in [0.717, 1.165) is 5.52 Å². The molecule has 0 spiro atoms. The molecule has 1 aromatic carbocycles. The molecule has 96 valence electrons. The van der Waals surface area contributed by atoms with E-state index in [1.165, 1.54) is 0 Å². The maximum atomic E-state index is 11.8. The summed E-state index contributed by atoms with van der Waals surface area (Å²) < 4.78 is 0. The van der Waals surface area contributed by atoms with Gasteiger partial charge in [-0.2, -0.15) is 0 Å². The minimum Gasteiger partial charge on any atom is -0.326 e. The van der Waals surface area contributed by atoms with Gasteiger partial charge in [-0.1, -0.05) is 20.8 Å². The van der Waals surface area contributed by atoms with Gasteiger partial charge in [-0.15, -0.1) is 0 Å². The molecule has 3 N–H and O–H groups in total. The van der Waals surface area contributed by atoms with Gasteiger partial charge < -0.3 is 15.3 Å². The van der Waals surface area contributed by atoms with Crippen molar-refractivity contribution in [2.24, 2.45) is 5.41 Å². The van der Waals surface area contributed by atoms with Crippen LogP contribution in [0.1, 0.15) is 27.2 Å². The summed E-state index contributed by atoms with van der Waals surface area (Å²) in [5.41, 5.74) is 1.81. The summed E-state index contributed by atoms with van der Waals surface area (Å²) in [7, 11) is 0. The normalized spacial score (nSPS) is 11.7. The molecule has 1 heterocycles. The zero-order valence-corrected chi connectivity index (χ0v) is 10.8. The van der Waals surface area contributed by atoms with Crippen LogP contribution in [0.3, 0.4) is 0 Å². The molecule has 0 bridgehead atoms. The van der Waals surface area contributed by atoms with E-state index >= 15 is 0 Å². The van der Waals surface area contributed by atoms with Crippen molar-refractivity contribution in [1.82, 2.24) is 9.97 Å². The van der Waals surface area contributed by atoms with E-state index in [0.29, 0.717) is 17.6 Å². The standard InChI is InChI=1S/C13H17N3O2/c1-13(2,3)7-11(17)14-8-4-5-9-10(6-8)16-12(18)15-9/h4-6H,7H2,1-3H3,(H,14,17)(H2,15,16,18). The van der Waals surface area contributed by atoms with Gasteiger partial charge >= 0.3 is 5.69 Å². The molecule has 0 aliphatic carbocycles. The quantitative estimate of drug-likeness (QED) is 0.761. The zero-order chi connectivity index (χ0) is 13.3. The molecule has 0 saturated heterocycles. The number of fused-ring (bicyclic) bond motifs is 1. The van der Waals surface area contributed by atoms with Gasteiger partial charge in [0.25, 0.3) is 0 Å². The Morgan fingerprint density at radius 3 is 2.56 bits per heavy atom. The Bertz CT molecular complexity index is 631. The number of hydrogen-bond acceptors (Lipinski definition) is 2. The molecule has 5 nitrogen and oxygen atoms in total. The monoisotopic (exact) mass is 247 g/mol. The number of rotatable bonds is 2. The molecule has 1 amide bonds. The molecule has 0 aliphatic heterocycles. The maximum Gasteiger partial charge on any atom is 0.323 e. The predicted octanol–water partition coefficient (Wildman–Crippen LogP) is 2.23. The average Bonchev–Trinajstić information content (AvgIpc) is 2.53. The Balaban J connectivity index is 2.17. The highest BCUT2D eigenvalue weighted by molar-refractivity contribution is 5.93. The second-order valence-electron chi connectivity index (χ2n) is 5.63. The summed E-state index contributed by atoms with van der Waals surface area (Å²) in [5, 5.41) is 2.82. The molecular formula is C13H17N3O2. The van der Waals surface area contributed by atoms with Gasteiger partial charge in [0.1, 0.15) is 0 Å². The third kappa shape index (κ3) is 3.00. The third-order valence-electron chi connectivity index (χ3n) is 2.49. The number of aromatic nitrogens is 2. The summed E-state index contributed by atoms with van der Waals surface area (Å²) in [6, 6.07) is 5.28. The van der Waals surface area contributed by atoms with E-state index < -0.39 is 0 Å². The topological polar surface area (TPSA) is 77.8 Å². The Hall–Kier alpha value is -2.04. The summed E-state index contributed by atoms with van der Waals surface area (Å²) >= 11 is 0. The van der Waals surface area contributed by atoms with Crippen molar-refractivity contribution in [3.05, 3.63) is 28.7 Å². The Kier molecular flexibility index (Phi) is 2.98. The SMILES string of the molecule is CC(C)(C)CC(=O)Nc1ccc2[nH]c(=O)[nH]c2c1. The largest absolute Gasteiger partial charge is 0.326 e. The first kappa shape index (κ1) is 12.4. The lowest BCUT2D eigenvalue weighted by Gasteiger charge is -2.17. The van der Waals surface area contributed by atoms with Crippen molar-refractivity contribution < 1.29 is 4.79 Å². The fourth-order valence-corrected chi connectivity index (χ4v) is 1.80. The first-order valence-electron chi connectivity index (χ1n) is 5.85. The van der Waals surface area contributed by atoms with Gasteiger partial charge in [0.15, 0.2) is 0 Å². The number of imidazole rings is 1. The number of benzene rings is 1. The lowest BCUT2D eigenvalue weighted by atomic mass is 9.92. The molecule has 0 radical (unpaired) electrons. The van der Waals surface area contributed by atoms with E-state index in [2.05, 4.69) is 15.3 Å². The molecule has 0 aliphatic rings. The fourth-order valence-electron chi connectivity index (χ4n) is 1.80. The van der Waals surface area contributed by atoms with Crippen LogP contribution in [0.25, 0.3) is 11.0 Å². The van der Waals surface area contributed by atoms with E-state index in [9.17, 15) is 9.59 Å². The second-order valence-corrected chi connectivity index (χ2v) is 5.63. The van der Waals surface area contributed by atoms with Crippen LogP contribution < -0.4 is 11.0 Å². The third-order valence-corrected chi connectivity index (χ3v) is 2.49. The minimum absolute atomic E-state index is 0.0280. The second kappa shape index (κ2) is 4.33. The highest BCUT2D eigenvalue weighted by Gasteiger charge is 2.16. The zero-order valence-electron chi connectivity index (χ0n) is 10.8. The number of H-pyrrole nitrogens is 2. The lowest BCUT2D eigenvalue weighted by Crippen LogP contribution is -2.19. The fraction of sp³-hybridized carbons (Fsp3) is 0.385. The van der Waals surface area contributed by atoms with E-state index in [1.807, 2.05) is 20.8 Å². The van der Waals surface area contributed by atoms with Crippen LogP contribution in [0.4, 0.5) is 5.69 Å². The van der Waals surface area contributed by atoms with E-state index in [4.69, 9.17) is 0 Å². The van der Waals surface area contributed by atoms with Crippen molar-refractivity contribution in [3.8, 4) is 0 Å². The lowest BCUT2D eigenvalue weighted by molar-refractivity contribution is -0.117.